The van der Waals surface area contributed by atoms with Crippen molar-refractivity contribution in [2.75, 3.05) is 0 Å². The van der Waals surface area contributed by atoms with Crippen LogP contribution in [0.15, 0.2) is 177 Å². The van der Waals surface area contributed by atoms with Gasteiger partial charge in [0.25, 0.3) is 22.9 Å². The number of halogens is 8. The molecule has 0 radical (unpaired) electrons. The molecule has 0 fully saturated rings. The zero-order chi connectivity index (χ0) is 52.2. The van der Waals surface area contributed by atoms with Gasteiger partial charge in [-0.15, -0.1) is 0 Å². The summed E-state index contributed by atoms with van der Waals surface area (Å²) in [5.74, 6) is -9.70. The standard InChI is InChI=1S/C27H19F3N4O2.C20H14BrF3N2O2.C7H8BrN.CH4/c28-22-11-17(12-23(29)24(22)30)15-34-9-3-7-20(27(34)36)26(35)33-13-16-4-1-5-18(10-16)21-14-32-25-19(21)6-2-8-31-25;21-14-4-1-3-12(7-14)10-25-19(27)15-5-2-6-26(20(15)28)11-13-8-16(22)18(24)17(23)9-13;8-7-3-1-2-6(4-7)5-9;/h1-12,14H,13,15H2,(H,31,32)(H,33,35);1-9H,10-11H2,(H,25,27);1-4H,5,9H2;1H4. The SMILES string of the molecule is C.NCc1cccc(Br)c1.O=C(NCc1cccc(-c2c[nH]c3ncccc23)c1)c1cccn(Cc2cc(F)c(F)c(F)c2)c1=O.O=C(NCc1cccc(Br)c1)c1cccn(Cc2cc(F)c(F)c(F)c2)c1=O. The van der Waals surface area contributed by atoms with Gasteiger partial charge in [0.05, 0.1) is 13.1 Å². The molecule has 0 saturated heterocycles. The maximum Gasteiger partial charge on any atom is 0.263 e. The topological polar surface area (TPSA) is 157 Å². The van der Waals surface area contributed by atoms with Crippen LogP contribution in [0, 0.1) is 34.9 Å². The minimum absolute atomic E-state index is 0. The Morgan fingerprint density at radius 1 is 0.568 bits per heavy atom. The lowest BCUT2D eigenvalue weighted by atomic mass is 10.0. The van der Waals surface area contributed by atoms with Gasteiger partial charge in [0, 0.05) is 64.3 Å². The lowest BCUT2D eigenvalue weighted by Gasteiger charge is -2.10. The summed E-state index contributed by atoms with van der Waals surface area (Å²) >= 11 is 6.69. The van der Waals surface area contributed by atoms with E-state index in [0.29, 0.717) is 6.54 Å². The molecular formula is C55H45Br2F6N7O4. The number of carbonyl (C=O) groups excluding carboxylic acids is 2. The van der Waals surface area contributed by atoms with Gasteiger partial charge in [-0.05, 0) is 124 Å². The van der Waals surface area contributed by atoms with Crippen molar-refractivity contribution < 1.29 is 35.9 Å². The summed E-state index contributed by atoms with van der Waals surface area (Å²) in [6.07, 6.45) is 6.35. The van der Waals surface area contributed by atoms with Crippen LogP contribution in [-0.4, -0.2) is 30.9 Å². The summed E-state index contributed by atoms with van der Waals surface area (Å²) in [7, 11) is 0. The smallest absolute Gasteiger partial charge is 0.263 e. The van der Waals surface area contributed by atoms with Crippen molar-refractivity contribution in [2.45, 2.75) is 40.2 Å². The van der Waals surface area contributed by atoms with Crippen LogP contribution in [0.2, 0.25) is 0 Å². The van der Waals surface area contributed by atoms with Gasteiger partial charge in [0.1, 0.15) is 16.8 Å². The van der Waals surface area contributed by atoms with Crippen molar-refractivity contribution in [1.29, 1.82) is 0 Å². The minimum Gasteiger partial charge on any atom is -0.348 e. The number of nitrogens with two attached hydrogens (primary N) is 1. The van der Waals surface area contributed by atoms with E-state index in [2.05, 4.69) is 52.5 Å². The van der Waals surface area contributed by atoms with E-state index in [4.69, 9.17) is 5.73 Å². The number of hydrogen-bond donors (Lipinski definition) is 4. The Bertz CT molecular complexity index is 3540. The van der Waals surface area contributed by atoms with E-state index in [9.17, 15) is 45.5 Å². The summed E-state index contributed by atoms with van der Waals surface area (Å²) in [5.41, 5.74) is 9.54. The highest BCUT2D eigenvalue weighted by atomic mass is 79.9. The molecule has 4 heterocycles. The zero-order valence-corrected chi connectivity index (χ0v) is 41.3. The average Bonchev–Trinajstić information content (AvgIpc) is 3.82. The van der Waals surface area contributed by atoms with Gasteiger partial charge in [-0.3, -0.25) is 19.2 Å². The zero-order valence-electron chi connectivity index (χ0n) is 38.1. The van der Waals surface area contributed by atoms with E-state index in [1.54, 1.807) is 6.20 Å². The predicted molar refractivity (Wildman–Crippen MR) is 279 cm³/mol. The molecule has 0 atom stereocenters. The quantitative estimate of drug-likeness (QED) is 0.0705. The number of nitrogens with zero attached hydrogens (tertiary/aromatic N) is 3. The monoisotopic (exact) mass is 1140 g/mol. The van der Waals surface area contributed by atoms with Crippen molar-refractivity contribution in [1.82, 2.24) is 29.7 Å². The first-order chi connectivity index (χ1) is 35.1. The molecule has 9 aromatic rings. The van der Waals surface area contributed by atoms with Crippen LogP contribution >= 0.6 is 31.9 Å². The number of carbonyl (C=O) groups is 2. The van der Waals surface area contributed by atoms with E-state index in [1.165, 1.54) is 36.7 Å². The maximum atomic E-state index is 13.5. The van der Waals surface area contributed by atoms with E-state index < -0.39 is 57.8 Å². The van der Waals surface area contributed by atoms with Gasteiger partial charge in [-0.25, -0.2) is 31.3 Å². The Hall–Kier alpha value is -7.87. The summed E-state index contributed by atoms with van der Waals surface area (Å²) in [4.78, 5) is 58.0. The molecule has 11 nitrogen and oxygen atoms in total. The second kappa shape index (κ2) is 25.7. The van der Waals surface area contributed by atoms with Crippen molar-refractivity contribution in [3.8, 4) is 11.1 Å². The molecule has 19 heteroatoms. The van der Waals surface area contributed by atoms with Crippen molar-refractivity contribution in [3.63, 3.8) is 0 Å². The Kier molecular flexibility index (Phi) is 19.2. The molecule has 9 rings (SSSR count). The molecule has 74 heavy (non-hydrogen) atoms. The van der Waals surface area contributed by atoms with Crippen molar-refractivity contribution >= 4 is 54.7 Å². The van der Waals surface area contributed by atoms with E-state index >= 15 is 0 Å². The predicted octanol–water partition coefficient (Wildman–Crippen LogP) is 11.3. The van der Waals surface area contributed by atoms with Gasteiger partial charge in [-0.2, -0.15) is 0 Å². The first-order valence-corrected chi connectivity index (χ1v) is 23.6. The minimum atomic E-state index is -1.58. The second-order valence-electron chi connectivity index (χ2n) is 16.1. The third-order valence-corrected chi connectivity index (χ3v) is 11.9. The van der Waals surface area contributed by atoms with E-state index in [-0.39, 0.29) is 55.9 Å². The number of aromatic nitrogens is 4. The number of benzene rings is 5. The lowest BCUT2D eigenvalue weighted by Crippen LogP contribution is -2.32. The Morgan fingerprint density at radius 3 is 1.50 bits per heavy atom. The van der Waals surface area contributed by atoms with Crippen LogP contribution in [0.4, 0.5) is 26.3 Å². The third kappa shape index (κ3) is 14.2. The molecule has 5 N–H and O–H groups in total. The molecule has 0 spiro atoms. The molecule has 380 valence electrons. The van der Waals surface area contributed by atoms with Crippen LogP contribution in [0.5, 0.6) is 0 Å². The fourth-order valence-electron chi connectivity index (χ4n) is 7.37. The molecule has 0 bridgehead atoms. The largest absolute Gasteiger partial charge is 0.348 e. The van der Waals surface area contributed by atoms with Gasteiger partial charge < -0.3 is 30.5 Å². The number of nitrogens with one attached hydrogen (secondary N) is 3. The first-order valence-electron chi connectivity index (χ1n) is 22.0. The van der Waals surface area contributed by atoms with Crippen LogP contribution in [0.3, 0.4) is 0 Å². The Balaban J connectivity index is 0.000000208. The van der Waals surface area contributed by atoms with Crippen LogP contribution < -0.4 is 27.5 Å². The fraction of sp³-hybridized carbons (Fsp3) is 0.109. The van der Waals surface area contributed by atoms with Gasteiger partial charge in [-0.1, -0.05) is 81.8 Å². The van der Waals surface area contributed by atoms with Gasteiger partial charge >= 0.3 is 0 Å². The first kappa shape index (κ1) is 55.4. The van der Waals surface area contributed by atoms with E-state index in [0.717, 1.165) is 81.2 Å². The maximum absolute atomic E-state index is 13.5. The van der Waals surface area contributed by atoms with Crippen molar-refractivity contribution in [3.05, 3.63) is 262 Å². The second-order valence-corrected chi connectivity index (χ2v) is 17.9. The van der Waals surface area contributed by atoms with E-state index in [1.807, 2.05) is 91.1 Å². The van der Waals surface area contributed by atoms with Crippen molar-refractivity contribution in [2.24, 2.45) is 5.73 Å². The molecule has 5 aromatic carbocycles. The number of aromatic amines is 1. The van der Waals surface area contributed by atoms with Crippen LogP contribution in [-0.2, 0) is 32.7 Å². The Morgan fingerprint density at radius 2 is 1.03 bits per heavy atom. The Labute approximate surface area is 437 Å². The third-order valence-electron chi connectivity index (χ3n) is 10.9. The summed E-state index contributed by atoms with van der Waals surface area (Å²) in [5, 5.41) is 6.37. The number of hydrogen-bond acceptors (Lipinski definition) is 6. The molecule has 4 aromatic heterocycles. The fourth-order valence-corrected chi connectivity index (χ4v) is 8.26. The molecule has 2 amide bonds. The highest BCUT2D eigenvalue weighted by molar-refractivity contribution is 9.10. The summed E-state index contributed by atoms with van der Waals surface area (Å²) in [6.45, 7) is 0.575. The molecule has 0 aliphatic carbocycles. The van der Waals surface area contributed by atoms with Crippen LogP contribution in [0.25, 0.3) is 22.2 Å². The average molecular weight is 1140 g/mol. The molecular weight excluding hydrogens is 1100 g/mol. The molecule has 0 unspecified atom stereocenters. The number of pyridine rings is 3. The lowest BCUT2D eigenvalue weighted by molar-refractivity contribution is 0.0940. The molecule has 0 aliphatic rings. The number of amides is 2. The normalized spacial score (nSPS) is 10.6. The number of rotatable bonds is 12. The van der Waals surface area contributed by atoms with Crippen LogP contribution in [0.1, 0.15) is 56.0 Å². The van der Waals surface area contributed by atoms with Gasteiger partial charge in [0.15, 0.2) is 34.9 Å². The summed E-state index contributed by atoms with van der Waals surface area (Å²) < 4.78 is 84.3. The highest BCUT2D eigenvalue weighted by Crippen LogP contribution is 2.28. The number of fused-ring (bicyclic) bond motifs is 1. The highest BCUT2D eigenvalue weighted by Gasteiger charge is 2.17. The van der Waals surface area contributed by atoms with Gasteiger partial charge in [0.2, 0.25) is 0 Å². The summed E-state index contributed by atoms with van der Waals surface area (Å²) in [6, 6.07) is 35.7. The number of H-pyrrole nitrogens is 1. The molecule has 0 aliphatic heterocycles. The molecule has 0 saturated carbocycles.